The number of thiol groups is 1. The number of rotatable bonds is 5. The van der Waals surface area contributed by atoms with Crippen molar-refractivity contribution < 1.29 is 4.79 Å². The molecule has 0 spiro atoms. The molecule has 1 atom stereocenters. The molecule has 0 rings (SSSR count). The highest BCUT2D eigenvalue weighted by molar-refractivity contribution is 7.81. The Hall–Kier alpha value is 0.0200. The van der Waals surface area contributed by atoms with E-state index in [4.69, 9.17) is 0 Å². The molecule has 0 aliphatic rings. The molecule has 0 bridgehead atoms. The summed E-state index contributed by atoms with van der Waals surface area (Å²) in [6, 6.07) is 0. The Kier molecular flexibility index (Phi) is 6.16. The first-order chi connectivity index (χ1) is 4.31. The molecule has 0 aliphatic heterocycles. The number of carbonyl (C=O) groups excluding carboxylic acids is 1. The lowest BCUT2D eigenvalue weighted by Gasteiger charge is -1.98. The summed E-state index contributed by atoms with van der Waals surface area (Å²) in [5, 5.41) is -0.156. The second kappa shape index (κ2) is 6.14. The fraction of sp³-hybridized carbons (Fsp3) is 0.857. The van der Waals surface area contributed by atoms with Gasteiger partial charge in [0.2, 0.25) is 6.29 Å². The fourth-order valence-electron chi connectivity index (χ4n) is 0.647. The third kappa shape index (κ3) is 5.90. The zero-order chi connectivity index (χ0) is 7.11. The van der Waals surface area contributed by atoms with Crippen LogP contribution in [0.5, 0.6) is 0 Å². The standard InChI is InChI=1S/C7H13OS/c1-2-3-4-5-7(9)6-8/h7,9H,2-5H2,1H3. The van der Waals surface area contributed by atoms with Crippen LogP contribution in [0, 0.1) is 0 Å². The molecule has 2 heteroatoms. The van der Waals surface area contributed by atoms with Crippen molar-refractivity contribution in [1.82, 2.24) is 0 Å². The van der Waals surface area contributed by atoms with Crippen molar-refractivity contribution in [2.45, 2.75) is 37.9 Å². The zero-order valence-corrected chi connectivity index (χ0v) is 6.66. The molecule has 1 radical (unpaired) electrons. The van der Waals surface area contributed by atoms with Gasteiger partial charge in [0.1, 0.15) is 0 Å². The van der Waals surface area contributed by atoms with Crippen molar-refractivity contribution in [3.8, 4) is 0 Å². The van der Waals surface area contributed by atoms with E-state index in [-0.39, 0.29) is 5.25 Å². The number of hydrogen-bond acceptors (Lipinski definition) is 2. The normalized spacial score (nSPS) is 13.1. The molecule has 0 aliphatic carbocycles. The van der Waals surface area contributed by atoms with Crippen LogP contribution in [0.1, 0.15) is 32.6 Å². The van der Waals surface area contributed by atoms with Crippen LogP contribution in [-0.4, -0.2) is 11.5 Å². The maximum Gasteiger partial charge on any atom is 0.212 e. The van der Waals surface area contributed by atoms with Crippen molar-refractivity contribution in [2.24, 2.45) is 0 Å². The Labute approximate surface area is 62.2 Å². The Morgan fingerprint density at radius 2 is 2.22 bits per heavy atom. The van der Waals surface area contributed by atoms with Gasteiger partial charge in [-0.1, -0.05) is 26.2 Å². The molecule has 0 saturated carbocycles. The molecule has 0 saturated heterocycles. The van der Waals surface area contributed by atoms with Crippen LogP contribution in [-0.2, 0) is 4.79 Å². The lowest BCUT2D eigenvalue weighted by atomic mass is 10.2. The smallest absolute Gasteiger partial charge is 0.212 e. The van der Waals surface area contributed by atoms with Gasteiger partial charge in [-0.15, -0.1) is 0 Å². The van der Waals surface area contributed by atoms with Crippen LogP contribution < -0.4 is 0 Å². The van der Waals surface area contributed by atoms with E-state index in [9.17, 15) is 4.79 Å². The Morgan fingerprint density at radius 1 is 1.56 bits per heavy atom. The van der Waals surface area contributed by atoms with E-state index in [2.05, 4.69) is 19.6 Å². The molecule has 53 valence electrons. The third-order valence-corrected chi connectivity index (χ3v) is 1.58. The van der Waals surface area contributed by atoms with Gasteiger partial charge in [-0.05, 0) is 6.42 Å². The highest BCUT2D eigenvalue weighted by Crippen LogP contribution is 2.05. The Balaban J connectivity index is 2.96. The molecule has 0 aromatic rings. The summed E-state index contributed by atoms with van der Waals surface area (Å²) in [5.41, 5.74) is 0. The van der Waals surface area contributed by atoms with Gasteiger partial charge in [-0.25, -0.2) is 0 Å². The quantitative estimate of drug-likeness (QED) is 0.462. The van der Waals surface area contributed by atoms with E-state index >= 15 is 0 Å². The minimum absolute atomic E-state index is 0.156. The van der Waals surface area contributed by atoms with Crippen molar-refractivity contribution in [3.05, 3.63) is 0 Å². The fourth-order valence-corrected chi connectivity index (χ4v) is 0.829. The number of unbranched alkanes of at least 4 members (excludes halogenated alkanes) is 2. The van der Waals surface area contributed by atoms with Gasteiger partial charge < -0.3 is 0 Å². The van der Waals surface area contributed by atoms with Gasteiger partial charge in [0, 0.05) is 0 Å². The van der Waals surface area contributed by atoms with E-state index in [1.165, 1.54) is 12.8 Å². The summed E-state index contributed by atoms with van der Waals surface area (Å²) < 4.78 is 0. The van der Waals surface area contributed by atoms with Crippen LogP contribution in [0.3, 0.4) is 0 Å². The molecule has 0 N–H and O–H groups in total. The number of hydrogen-bond donors (Lipinski definition) is 1. The molecule has 0 heterocycles. The van der Waals surface area contributed by atoms with Gasteiger partial charge in [0.05, 0.1) is 5.25 Å². The summed E-state index contributed by atoms with van der Waals surface area (Å²) in [4.78, 5) is 9.90. The molecular weight excluding hydrogens is 132 g/mol. The van der Waals surface area contributed by atoms with E-state index in [1.54, 1.807) is 0 Å². The van der Waals surface area contributed by atoms with Crippen LogP contribution in [0.4, 0.5) is 0 Å². The molecule has 1 unspecified atom stereocenters. The maximum absolute atomic E-state index is 9.90. The molecular formula is C7H13OS. The summed E-state index contributed by atoms with van der Waals surface area (Å²) in [6.45, 7) is 2.14. The van der Waals surface area contributed by atoms with E-state index in [0.717, 1.165) is 12.8 Å². The SMILES string of the molecule is CCCCCC(S)[C]=O. The van der Waals surface area contributed by atoms with E-state index < -0.39 is 0 Å². The highest BCUT2D eigenvalue weighted by Gasteiger charge is 1.98. The van der Waals surface area contributed by atoms with Crippen molar-refractivity contribution in [1.29, 1.82) is 0 Å². The topological polar surface area (TPSA) is 17.1 Å². The zero-order valence-electron chi connectivity index (χ0n) is 5.76. The third-order valence-electron chi connectivity index (χ3n) is 1.22. The van der Waals surface area contributed by atoms with Gasteiger partial charge >= 0.3 is 0 Å². The summed E-state index contributed by atoms with van der Waals surface area (Å²) in [6.07, 6.45) is 6.20. The van der Waals surface area contributed by atoms with Crippen molar-refractivity contribution in [2.75, 3.05) is 0 Å². The maximum atomic E-state index is 9.90. The lowest BCUT2D eigenvalue weighted by molar-refractivity contribution is 0.547. The first kappa shape index (κ1) is 9.02. The summed E-state index contributed by atoms with van der Waals surface area (Å²) >= 11 is 3.98. The summed E-state index contributed by atoms with van der Waals surface area (Å²) in [7, 11) is 0. The molecule has 0 fully saturated rings. The van der Waals surface area contributed by atoms with Gasteiger partial charge in [-0.3, -0.25) is 4.79 Å². The Bertz CT molecular complexity index is 73.3. The predicted molar refractivity (Wildman–Crippen MR) is 42.6 cm³/mol. The van der Waals surface area contributed by atoms with Crippen LogP contribution in [0.15, 0.2) is 0 Å². The second-order valence-corrected chi connectivity index (χ2v) is 2.75. The van der Waals surface area contributed by atoms with Crippen LogP contribution >= 0.6 is 12.6 Å². The van der Waals surface area contributed by atoms with E-state index in [0.29, 0.717) is 0 Å². The van der Waals surface area contributed by atoms with Crippen molar-refractivity contribution >= 4 is 18.9 Å². The minimum Gasteiger partial charge on any atom is -0.290 e. The van der Waals surface area contributed by atoms with Crippen molar-refractivity contribution in [3.63, 3.8) is 0 Å². The molecule has 0 aromatic heterocycles. The second-order valence-electron chi connectivity index (χ2n) is 2.13. The van der Waals surface area contributed by atoms with Gasteiger partial charge in [-0.2, -0.15) is 12.6 Å². The minimum atomic E-state index is -0.156. The average Bonchev–Trinajstić information content (AvgIpc) is 1.89. The predicted octanol–water partition coefficient (Wildman–Crippen LogP) is 1.97. The molecule has 9 heavy (non-hydrogen) atoms. The monoisotopic (exact) mass is 145 g/mol. The molecule has 0 aromatic carbocycles. The van der Waals surface area contributed by atoms with E-state index in [1.807, 2.05) is 6.29 Å². The first-order valence-electron chi connectivity index (χ1n) is 3.37. The van der Waals surface area contributed by atoms with Gasteiger partial charge in [0.25, 0.3) is 0 Å². The van der Waals surface area contributed by atoms with Gasteiger partial charge in [0.15, 0.2) is 0 Å². The molecule has 0 amide bonds. The van der Waals surface area contributed by atoms with Crippen LogP contribution in [0.2, 0.25) is 0 Å². The largest absolute Gasteiger partial charge is 0.290 e. The van der Waals surface area contributed by atoms with Crippen LogP contribution in [0.25, 0.3) is 0 Å². The highest BCUT2D eigenvalue weighted by atomic mass is 32.1. The first-order valence-corrected chi connectivity index (χ1v) is 3.88. The summed E-state index contributed by atoms with van der Waals surface area (Å²) in [5.74, 6) is 0. The molecule has 1 nitrogen and oxygen atoms in total. The average molecular weight is 145 g/mol. The Morgan fingerprint density at radius 3 is 2.67 bits per heavy atom. The lowest BCUT2D eigenvalue weighted by Crippen LogP contribution is -1.98.